The fraction of sp³-hybridized carbons (Fsp3) is 0.222. The maximum Gasteiger partial charge on any atom is 0.254 e. The van der Waals surface area contributed by atoms with Crippen molar-refractivity contribution in [1.29, 1.82) is 0 Å². The summed E-state index contributed by atoms with van der Waals surface area (Å²) in [5.74, 6) is 0.776. The summed E-state index contributed by atoms with van der Waals surface area (Å²) in [5, 5.41) is 0. The molecule has 1 heterocycles. The molecule has 0 radical (unpaired) electrons. The molecule has 1 aliphatic heterocycles. The number of likely N-dealkylation sites (tertiary alicyclic amines) is 1. The maximum absolute atomic E-state index is 12.5. The topological polar surface area (TPSA) is 72.6 Å². The van der Waals surface area contributed by atoms with Gasteiger partial charge < -0.3 is 15.4 Å². The molecule has 2 aromatic rings. The van der Waals surface area contributed by atoms with Gasteiger partial charge >= 0.3 is 0 Å². The Morgan fingerprint density at radius 3 is 2.30 bits per heavy atom. The molecule has 2 amide bonds. The van der Waals surface area contributed by atoms with Crippen LogP contribution in [-0.2, 0) is 4.79 Å². The van der Waals surface area contributed by atoms with Gasteiger partial charge in [0.1, 0.15) is 17.5 Å². The number of nitrogens with two attached hydrogens (primary N) is 1. The van der Waals surface area contributed by atoms with Crippen LogP contribution < -0.4 is 10.5 Å². The van der Waals surface area contributed by atoms with Gasteiger partial charge in [0, 0.05) is 12.1 Å². The minimum atomic E-state index is -0.497. The first-order valence-corrected chi connectivity index (χ1v) is 7.58. The highest BCUT2D eigenvalue weighted by Crippen LogP contribution is 2.24. The number of rotatable bonds is 4. The molecule has 0 spiro atoms. The zero-order chi connectivity index (χ0) is 16.2. The van der Waals surface area contributed by atoms with Gasteiger partial charge in [-0.3, -0.25) is 9.59 Å². The van der Waals surface area contributed by atoms with Crippen molar-refractivity contribution in [1.82, 2.24) is 4.90 Å². The van der Waals surface area contributed by atoms with E-state index < -0.39 is 11.9 Å². The number of hydrogen-bond donors (Lipinski definition) is 1. The summed E-state index contributed by atoms with van der Waals surface area (Å²) >= 11 is 0. The number of carbonyl (C=O) groups excluding carboxylic acids is 2. The fourth-order valence-electron chi connectivity index (χ4n) is 2.76. The monoisotopic (exact) mass is 310 g/mol. The van der Waals surface area contributed by atoms with Crippen molar-refractivity contribution in [2.75, 3.05) is 6.54 Å². The van der Waals surface area contributed by atoms with E-state index >= 15 is 0 Å². The lowest BCUT2D eigenvalue weighted by atomic mass is 10.1. The summed E-state index contributed by atoms with van der Waals surface area (Å²) in [6.45, 7) is 0.564. The lowest BCUT2D eigenvalue weighted by Gasteiger charge is -2.22. The van der Waals surface area contributed by atoms with Crippen LogP contribution in [0.5, 0.6) is 11.5 Å². The number of ether oxygens (including phenoxy) is 1. The van der Waals surface area contributed by atoms with Gasteiger partial charge in [0.15, 0.2) is 0 Å². The van der Waals surface area contributed by atoms with Crippen LogP contribution in [0, 0.1) is 0 Å². The largest absolute Gasteiger partial charge is 0.457 e. The summed E-state index contributed by atoms with van der Waals surface area (Å²) in [6, 6.07) is 15.8. The van der Waals surface area contributed by atoms with Crippen LogP contribution in [0.2, 0.25) is 0 Å². The van der Waals surface area contributed by atoms with Crippen LogP contribution in [0.1, 0.15) is 23.2 Å². The molecule has 0 aromatic heterocycles. The average Bonchev–Trinajstić information content (AvgIpc) is 3.06. The summed E-state index contributed by atoms with van der Waals surface area (Å²) in [6.07, 6.45) is 1.44. The van der Waals surface area contributed by atoms with E-state index in [1.54, 1.807) is 29.2 Å². The third-order valence-corrected chi connectivity index (χ3v) is 3.92. The van der Waals surface area contributed by atoms with E-state index in [0.29, 0.717) is 24.3 Å². The molecular formula is C18H18N2O3. The van der Waals surface area contributed by atoms with Crippen molar-refractivity contribution in [2.24, 2.45) is 5.73 Å². The lowest BCUT2D eigenvalue weighted by molar-refractivity contribution is -0.121. The molecule has 0 aliphatic carbocycles. The van der Waals surface area contributed by atoms with Gasteiger partial charge in [-0.05, 0) is 49.2 Å². The van der Waals surface area contributed by atoms with E-state index in [0.717, 1.165) is 12.2 Å². The highest BCUT2D eigenvalue weighted by atomic mass is 16.5. The van der Waals surface area contributed by atoms with Crippen LogP contribution in [0.25, 0.3) is 0 Å². The Balaban J connectivity index is 1.72. The zero-order valence-corrected chi connectivity index (χ0v) is 12.6. The van der Waals surface area contributed by atoms with Crippen molar-refractivity contribution >= 4 is 11.8 Å². The van der Waals surface area contributed by atoms with Gasteiger partial charge in [-0.2, -0.15) is 0 Å². The standard InChI is InChI=1S/C18H18N2O3/c19-17(21)16-7-4-12-20(16)18(22)13-8-10-15(11-9-13)23-14-5-2-1-3-6-14/h1-3,5-6,8-11,16H,4,7,12H2,(H2,19,21). The maximum atomic E-state index is 12.5. The molecule has 3 rings (SSSR count). The first-order valence-electron chi connectivity index (χ1n) is 7.58. The second-order valence-electron chi connectivity index (χ2n) is 5.50. The highest BCUT2D eigenvalue weighted by Gasteiger charge is 2.33. The molecule has 5 heteroatoms. The number of benzene rings is 2. The van der Waals surface area contributed by atoms with Crippen molar-refractivity contribution < 1.29 is 14.3 Å². The predicted octanol–water partition coefficient (Wildman–Crippen LogP) is 2.57. The first-order chi connectivity index (χ1) is 11.1. The molecule has 2 N–H and O–H groups in total. The van der Waals surface area contributed by atoms with Crippen LogP contribution in [0.3, 0.4) is 0 Å². The van der Waals surface area contributed by atoms with E-state index in [9.17, 15) is 9.59 Å². The quantitative estimate of drug-likeness (QED) is 0.943. The van der Waals surface area contributed by atoms with Crippen molar-refractivity contribution in [3.63, 3.8) is 0 Å². The molecule has 5 nitrogen and oxygen atoms in total. The Kier molecular flexibility index (Phi) is 4.28. The summed E-state index contributed by atoms with van der Waals surface area (Å²) < 4.78 is 5.70. The van der Waals surface area contributed by atoms with E-state index in [-0.39, 0.29) is 5.91 Å². The minimum Gasteiger partial charge on any atom is -0.457 e. The normalized spacial score (nSPS) is 17.0. The van der Waals surface area contributed by atoms with Gasteiger partial charge in [-0.1, -0.05) is 18.2 Å². The Morgan fingerprint density at radius 1 is 1.00 bits per heavy atom. The van der Waals surface area contributed by atoms with Crippen molar-refractivity contribution in [2.45, 2.75) is 18.9 Å². The van der Waals surface area contributed by atoms with Gasteiger partial charge in [-0.25, -0.2) is 0 Å². The number of para-hydroxylation sites is 1. The molecule has 1 fully saturated rings. The zero-order valence-electron chi connectivity index (χ0n) is 12.6. The predicted molar refractivity (Wildman–Crippen MR) is 86.2 cm³/mol. The van der Waals surface area contributed by atoms with E-state index in [2.05, 4.69) is 0 Å². The molecule has 1 saturated heterocycles. The Bertz CT molecular complexity index is 698. The van der Waals surface area contributed by atoms with Crippen molar-refractivity contribution in [3.8, 4) is 11.5 Å². The number of hydrogen-bond acceptors (Lipinski definition) is 3. The summed E-state index contributed by atoms with van der Waals surface area (Å²) in [5.41, 5.74) is 5.89. The number of carbonyl (C=O) groups is 2. The Labute approximate surface area is 134 Å². The van der Waals surface area contributed by atoms with Gasteiger partial charge in [0.05, 0.1) is 0 Å². The molecule has 1 unspecified atom stereocenters. The van der Waals surface area contributed by atoms with E-state index in [1.807, 2.05) is 30.3 Å². The molecule has 0 bridgehead atoms. The van der Waals surface area contributed by atoms with Crippen LogP contribution in [0.15, 0.2) is 54.6 Å². The Morgan fingerprint density at radius 2 is 1.65 bits per heavy atom. The van der Waals surface area contributed by atoms with Gasteiger partial charge in [0.25, 0.3) is 5.91 Å². The molecule has 2 aromatic carbocycles. The van der Waals surface area contributed by atoms with E-state index in [4.69, 9.17) is 10.5 Å². The van der Waals surface area contributed by atoms with Gasteiger partial charge in [-0.15, -0.1) is 0 Å². The Hall–Kier alpha value is -2.82. The van der Waals surface area contributed by atoms with Crippen LogP contribution in [-0.4, -0.2) is 29.3 Å². The second-order valence-corrected chi connectivity index (χ2v) is 5.50. The average molecular weight is 310 g/mol. The number of amides is 2. The summed E-state index contributed by atoms with van der Waals surface area (Å²) in [4.78, 5) is 25.5. The SMILES string of the molecule is NC(=O)C1CCCN1C(=O)c1ccc(Oc2ccccc2)cc1. The molecule has 23 heavy (non-hydrogen) atoms. The van der Waals surface area contributed by atoms with E-state index in [1.165, 1.54) is 0 Å². The molecule has 118 valence electrons. The smallest absolute Gasteiger partial charge is 0.254 e. The highest BCUT2D eigenvalue weighted by molar-refractivity contribution is 5.97. The minimum absolute atomic E-state index is 0.169. The van der Waals surface area contributed by atoms with Gasteiger partial charge in [0.2, 0.25) is 5.91 Å². The lowest BCUT2D eigenvalue weighted by Crippen LogP contribution is -2.43. The number of nitrogens with zero attached hydrogens (tertiary/aromatic N) is 1. The van der Waals surface area contributed by atoms with Crippen LogP contribution in [0.4, 0.5) is 0 Å². The molecule has 1 aliphatic rings. The molecule has 0 saturated carbocycles. The summed E-state index contributed by atoms with van der Waals surface area (Å²) in [7, 11) is 0. The second kappa shape index (κ2) is 6.52. The van der Waals surface area contributed by atoms with Crippen LogP contribution >= 0.6 is 0 Å². The third-order valence-electron chi connectivity index (χ3n) is 3.92. The first kappa shape index (κ1) is 15.1. The van der Waals surface area contributed by atoms with Crippen molar-refractivity contribution in [3.05, 3.63) is 60.2 Å². The molecular weight excluding hydrogens is 292 g/mol. The third kappa shape index (κ3) is 3.34. The molecule has 1 atom stereocenters. The fourth-order valence-corrected chi connectivity index (χ4v) is 2.76. The number of primary amides is 1.